The Morgan fingerprint density at radius 2 is 1.85 bits per heavy atom. The quantitative estimate of drug-likeness (QED) is 0.598. The summed E-state index contributed by atoms with van der Waals surface area (Å²) in [5.41, 5.74) is 3.20. The first kappa shape index (κ1) is 17.6. The molecular weight excluding hydrogens is 346 g/mol. The van der Waals surface area contributed by atoms with Crippen molar-refractivity contribution in [1.82, 2.24) is 4.57 Å². The van der Waals surface area contributed by atoms with Gasteiger partial charge < -0.3 is 18.8 Å². The van der Waals surface area contributed by atoms with Gasteiger partial charge in [0.05, 0.1) is 5.92 Å². The number of benzene rings is 1. The van der Waals surface area contributed by atoms with Crippen LogP contribution in [0.3, 0.4) is 0 Å². The lowest BCUT2D eigenvalue weighted by atomic mass is 10.1. The molecule has 0 saturated heterocycles. The van der Waals surface area contributed by atoms with Crippen molar-refractivity contribution in [2.24, 2.45) is 11.8 Å². The maximum atomic E-state index is 12.6. The predicted octanol–water partition coefficient (Wildman–Crippen LogP) is 3.25. The van der Waals surface area contributed by atoms with E-state index in [9.17, 15) is 9.59 Å². The molecule has 1 saturated carbocycles. The molecule has 1 aliphatic heterocycles. The van der Waals surface area contributed by atoms with Gasteiger partial charge in [-0.3, -0.25) is 9.59 Å². The summed E-state index contributed by atoms with van der Waals surface area (Å²) in [7, 11) is 0. The van der Waals surface area contributed by atoms with Crippen molar-refractivity contribution in [2.75, 3.05) is 19.8 Å². The van der Waals surface area contributed by atoms with Gasteiger partial charge in [0.2, 0.25) is 5.78 Å². The van der Waals surface area contributed by atoms with E-state index in [1.165, 1.54) is 0 Å². The maximum absolute atomic E-state index is 12.6. The van der Waals surface area contributed by atoms with E-state index in [0.717, 1.165) is 29.2 Å². The molecule has 1 fully saturated rings. The van der Waals surface area contributed by atoms with Gasteiger partial charge in [-0.1, -0.05) is 6.92 Å². The topological polar surface area (TPSA) is 66.8 Å². The van der Waals surface area contributed by atoms with Crippen LogP contribution < -0.4 is 9.47 Å². The Hall–Kier alpha value is -2.76. The lowest BCUT2D eigenvalue weighted by Crippen LogP contribution is -2.16. The molecule has 2 unspecified atom stereocenters. The molecule has 0 bridgehead atoms. The number of aryl methyl sites for hydroxylation is 1. The number of fused-ring (bicyclic) bond motifs is 1. The lowest BCUT2D eigenvalue weighted by molar-refractivity contribution is -0.144. The number of carbonyl (C=O) groups is 2. The Balaban J connectivity index is 1.54. The molecule has 2 atom stereocenters. The van der Waals surface area contributed by atoms with Crippen molar-refractivity contribution < 1.29 is 23.8 Å². The molecule has 4 rings (SSSR count). The fraction of sp³-hybridized carbons (Fsp3) is 0.429. The molecule has 2 aliphatic rings. The molecular formula is C21H23NO5. The third-order valence-corrected chi connectivity index (χ3v) is 5.27. The molecule has 0 spiro atoms. The van der Waals surface area contributed by atoms with E-state index in [0.29, 0.717) is 30.4 Å². The zero-order valence-corrected chi connectivity index (χ0v) is 15.8. The van der Waals surface area contributed by atoms with E-state index in [1.807, 2.05) is 49.6 Å². The highest BCUT2D eigenvalue weighted by atomic mass is 16.6. The minimum absolute atomic E-state index is 0.0389. The lowest BCUT2D eigenvalue weighted by Gasteiger charge is -2.20. The average Bonchev–Trinajstić information content (AvgIpc) is 3.32. The van der Waals surface area contributed by atoms with Crippen molar-refractivity contribution in [3.05, 3.63) is 41.2 Å². The highest BCUT2D eigenvalue weighted by Crippen LogP contribution is 2.38. The molecule has 6 nitrogen and oxygen atoms in total. The minimum atomic E-state index is -0.267. The monoisotopic (exact) mass is 369 g/mol. The Kier molecular flexibility index (Phi) is 4.42. The summed E-state index contributed by atoms with van der Waals surface area (Å²) in [6, 6.07) is 7.57. The Morgan fingerprint density at radius 3 is 2.56 bits per heavy atom. The van der Waals surface area contributed by atoms with Gasteiger partial charge in [0, 0.05) is 28.7 Å². The average molecular weight is 369 g/mol. The normalized spacial score (nSPS) is 20.3. The summed E-state index contributed by atoms with van der Waals surface area (Å²) in [6.45, 7) is 6.70. The van der Waals surface area contributed by atoms with Crippen molar-refractivity contribution in [2.45, 2.75) is 27.2 Å². The van der Waals surface area contributed by atoms with Crippen molar-refractivity contribution in [1.29, 1.82) is 0 Å². The van der Waals surface area contributed by atoms with Gasteiger partial charge in [-0.2, -0.15) is 0 Å². The van der Waals surface area contributed by atoms with Gasteiger partial charge in [-0.15, -0.1) is 0 Å². The van der Waals surface area contributed by atoms with E-state index in [-0.39, 0.29) is 24.3 Å². The van der Waals surface area contributed by atoms with Crippen molar-refractivity contribution in [3.63, 3.8) is 0 Å². The SMILES string of the molecule is Cc1cc(C(=O)COC(=O)C2CC2C)c(C)n1-c1ccc2c(c1)OCCO2. The largest absolute Gasteiger partial charge is 0.486 e. The molecule has 27 heavy (non-hydrogen) atoms. The Morgan fingerprint density at radius 1 is 1.15 bits per heavy atom. The number of nitrogens with zero attached hydrogens (tertiary/aromatic N) is 1. The molecule has 1 aromatic heterocycles. The highest BCUT2D eigenvalue weighted by molar-refractivity contribution is 5.99. The molecule has 2 heterocycles. The number of hydrogen-bond donors (Lipinski definition) is 0. The third-order valence-electron chi connectivity index (χ3n) is 5.27. The molecule has 0 amide bonds. The van der Waals surface area contributed by atoms with Crippen LogP contribution in [0.4, 0.5) is 0 Å². The molecule has 6 heteroatoms. The van der Waals surface area contributed by atoms with Crippen LogP contribution >= 0.6 is 0 Å². The van der Waals surface area contributed by atoms with Crippen LogP contribution in [0.2, 0.25) is 0 Å². The third kappa shape index (κ3) is 3.31. The predicted molar refractivity (Wildman–Crippen MR) is 98.8 cm³/mol. The summed E-state index contributed by atoms with van der Waals surface area (Å²) < 4.78 is 18.4. The van der Waals surface area contributed by atoms with Crippen LogP contribution in [-0.2, 0) is 9.53 Å². The smallest absolute Gasteiger partial charge is 0.309 e. The Bertz CT molecular complexity index is 914. The van der Waals surface area contributed by atoms with Crippen LogP contribution in [0.5, 0.6) is 11.5 Å². The molecule has 0 N–H and O–H groups in total. The fourth-order valence-electron chi connectivity index (χ4n) is 3.59. The zero-order valence-electron chi connectivity index (χ0n) is 15.8. The van der Waals surface area contributed by atoms with Gasteiger partial charge in [-0.05, 0) is 44.4 Å². The molecule has 2 aromatic rings. The highest BCUT2D eigenvalue weighted by Gasteiger charge is 2.40. The van der Waals surface area contributed by atoms with Crippen LogP contribution in [0, 0.1) is 25.7 Å². The fourth-order valence-corrected chi connectivity index (χ4v) is 3.59. The zero-order chi connectivity index (χ0) is 19.1. The van der Waals surface area contributed by atoms with Crippen molar-refractivity contribution >= 4 is 11.8 Å². The first-order valence-corrected chi connectivity index (χ1v) is 9.24. The molecule has 1 aromatic carbocycles. The number of aromatic nitrogens is 1. The summed E-state index contributed by atoms with van der Waals surface area (Å²) in [5.74, 6) is 1.30. The first-order valence-electron chi connectivity index (χ1n) is 9.24. The van der Waals surface area contributed by atoms with E-state index in [1.54, 1.807) is 0 Å². The number of carbonyl (C=O) groups excluding carboxylic acids is 2. The number of rotatable bonds is 5. The van der Waals surface area contributed by atoms with E-state index in [4.69, 9.17) is 14.2 Å². The second kappa shape index (κ2) is 6.76. The summed E-state index contributed by atoms with van der Waals surface area (Å²) in [5, 5.41) is 0. The van der Waals surface area contributed by atoms with E-state index in [2.05, 4.69) is 0 Å². The molecule has 142 valence electrons. The van der Waals surface area contributed by atoms with Gasteiger partial charge in [0.15, 0.2) is 18.1 Å². The molecule has 0 radical (unpaired) electrons. The summed E-state index contributed by atoms with van der Waals surface area (Å²) in [6.07, 6.45) is 0.853. The second-order valence-corrected chi connectivity index (χ2v) is 7.30. The number of ketones is 1. The van der Waals surface area contributed by atoms with Crippen LogP contribution in [0.25, 0.3) is 5.69 Å². The van der Waals surface area contributed by atoms with E-state index < -0.39 is 0 Å². The molecule has 1 aliphatic carbocycles. The summed E-state index contributed by atoms with van der Waals surface area (Å²) >= 11 is 0. The summed E-state index contributed by atoms with van der Waals surface area (Å²) in [4.78, 5) is 24.4. The van der Waals surface area contributed by atoms with Gasteiger partial charge in [0.25, 0.3) is 0 Å². The van der Waals surface area contributed by atoms with Crippen LogP contribution in [0.15, 0.2) is 24.3 Å². The number of esters is 1. The van der Waals surface area contributed by atoms with Crippen molar-refractivity contribution in [3.8, 4) is 17.2 Å². The van der Waals surface area contributed by atoms with E-state index >= 15 is 0 Å². The second-order valence-electron chi connectivity index (χ2n) is 7.30. The number of ether oxygens (including phenoxy) is 3. The van der Waals surface area contributed by atoms with Crippen LogP contribution in [0.1, 0.15) is 35.1 Å². The standard InChI is InChI=1S/C21H23NO5/c1-12-8-16(12)21(24)27-11-18(23)17-9-13(2)22(14(17)3)15-4-5-19-20(10-15)26-7-6-25-19/h4-5,9-10,12,16H,6-8,11H2,1-3H3. The Labute approximate surface area is 158 Å². The number of Topliss-reactive ketones (excluding diaryl/α,β-unsaturated/α-hetero) is 1. The van der Waals surface area contributed by atoms with Gasteiger partial charge in [0.1, 0.15) is 13.2 Å². The van der Waals surface area contributed by atoms with Gasteiger partial charge in [-0.25, -0.2) is 0 Å². The van der Waals surface area contributed by atoms with Crippen LogP contribution in [-0.4, -0.2) is 36.1 Å². The maximum Gasteiger partial charge on any atom is 0.309 e. The minimum Gasteiger partial charge on any atom is -0.486 e. The first-order chi connectivity index (χ1) is 13.0. The van der Waals surface area contributed by atoms with Gasteiger partial charge >= 0.3 is 5.97 Å². The number of hydrogen-bond acceptors (Lipinski definition) is 5.